The Morgan fingerprint density at radius 3 is 2.36 bits per heavy atom. The molecular weight excluding hydrogens is 280 g/mol. The summed E-state index contributed by atoms with van der Waals surface area (Å²) in [5, 5.41) is 24.5. The van der Waals surface area contributed by atoms with Gasteiger partial charge in [0.05, 0.1) is 0 Å². The van der Waals surface area contributed by atoms with Gasteiger partial charge in [0, 0.05) is 42.3 Å². The minimum atomic E-state index is -0.754. The Kier molecular flexibility index (Phi) is 5.46. The molecule has 0 bridgehead atoms. The molecule has 0 fully saturated rings. The normalized spacial score (nSPS) is 11.9. The fraction of sp³-hybridized carbons (Fsp3) is 0.250. The molecule has 6 nitrogen and oxygen atoms in total. The summed E-state index contributed by atoms with van der Waals surface area (Å²) in [5.41, 5.74) is 15.7. The van der Waals surface area contributed by atoms with E-state index in [2.05, 4.69) is 10.6 Å². The molecular formula is C16H22N4O2. The van der Waals surface area contributed by atoms with Gasteiger partial charge >= 0.3 is 0 Å². The zero-order valence-corrected chi connectivity index (χ0v) is 12.3. The van der Waals surface area contributed by atoms with E-state index in [1.54, 1.807) is 12.1 Å². The Morgan fingerprint density at radius 2 is 1.68 bits per heavy atom. The van der Waals surface area contributed by atoms with Crippen molar-refractivity contribution in [3.8, 4) is 0 Å². The second kappa shape index (κ2) is 7.53. The van der Waals surface area contributed by atoms with Crippen LogP contribution in [0.4, 0.5) is 22.7 Å². The minimum absolute atomic E-state index is 0.0601. The molecule has 0 saturated heterocycles. The van der Waals surface area contributed by atoms with E-state index in [0.717, 1.165) is 16.9 Å². The van der Waals surface area contributed by atoms with Crippen LogP contribution in [-0.4, -0.2) is 23.0 Å². The first-order chi connectivity index (χ1) is 10.6. The highest BCUT2D eigenvalue weighted by Gasteiger charge is 2.03. The van der Waals surface area contributed by atoms with Gasteiger partial charge in [-0.25, -0.2) is 0 Å². The summed E-state index contributed by atoms with van der Waals surface area (Å²) in [6.45, 7) is 0.520. The van der Waals surface area contributed by atoms with E-state index in [9.17, 15) is 5.11 Å². The molecule has 1 atom stereocenters. The number of rotatable bonds is 7. The maximum Gasteiger partial charge on any atom is 0.126 e. The van der Waals surface area contributed by atoms with Gasteiger partial charge in [0.1, 0.15) is 6.23 Å². The molecule has 0 amide bonds. The fourth-order valence-corrected chi connectivity index (χ4v) is 2.05. The minimum Gasteiger partial charge on any atom is -0.399 e. The van der Waals surface area contributed by atoms with Crippen LogP contribution in [0.25, 0.3) is 0 Å². The van der Waals surface area contributed by atoms with Crippen molar-refractivity contribution in [1.29, 1.82) is 0 Å². The molecule has 0 aliphatic rings. The predicted molar refractivity (Wildman–Crippen MR) is 90.4 cm³/mol. The van der Waals surface area contributed by atoms with Crippen molar-refractivity contribution >= 4 is 22.7 Å². The van der Waals surface area contributed by atoms with E-state index in [1.165, 1.54) is 0 Å². The van der Waals surface area contributed by atoms with Crippen LogP contribution >= 0.6 is 0 Å². The standard InChI is InChI=1S/C16H22N4O2/c17-12-1-6-15(18)11(9-12)10-19-13-2-4-14(5-3-13)20-16(22)7-8-21/h1-6,9,16,19-22H,7-8,10,17-18H2. The van der Waals surface area contributed by atoms with Gasteiger partial charge in [0.25, 0.3) is 0 Å². The first kappa shape index (κ1) is 15.9. The number of anilines is 4. The number of aliphatic hydroxyl groups is 2. The molecule has 0 aromatic heterocycles. The van der Waals surface area contributed by atoms with E-state index in [1.807, 2.05) is 30.3 Å². The lowest BCUT2D eigenvalue weighted by Crippen LogP contribution is -2.19. The maximum absolute atomic E-state index is 9.57. The Hall–Kier alpha value is -2.44. The maximum atomic E-state index is 9.57. The molecule has 22 heavy (non-hydrogen) atoms. The third-order valence-corrected chi connectivity index (χ3v) is 3.27. The van der Waals surface area contributed by atoms with Gasteiger partial charge < -0.3 is 32.3 Å². The molecule has 2 aromatic carbocycles. The first-order valence-corrected chi connectivity index (χ1v) is 7.12. The zero-order chi connectivity index (χ0) is 15.9. The lowest BCUT2D eigenvalue weighted by molar-refractivity contribution is 0.155. The number of aliphatic hydroxyl groups excluding tert-OH is 2. The molecule has 2 rings (SSSR count). The third kappa shape index (κ3) is 4.54. The number of nitrogens with two attached hydrogens (primary N) is 2. The Balaban J connectivity index is 1.92. The van der Waals surface area contributed by atoms with Crippen molar-refractivity contribution in [3.05, 3.63) is 48.0 Å². The molecule has 2 aromatic rings. The van der Waals surface area contributed by atoms with E-state index in [-0.39, 0.29) is 13.0 Å². The summed E-state index contributed by atoms with van der Waals surface area (Å²) in [4.78, 5) is 0. The molecule has 8 N–H and O–H groups in total. The Labute approximate surface area is 129 Å². The second-order valence-electron chi connectivity index (χ2n) is 5.06. The van der Waals surface area contributed by atoms with Crippen LogP contribution in [0.2, 0.25) is 0 Å². The van der Waals surface area contributed by atoms with E-state index in [0.29, 0.717) is 17.9 Å². The smallest absolute Gasteiger partial charge is 0.126 e. The molecule has 6 heteroatoms. The number of nitrogen functional groups attached to an aromatic ring is 2. The highest BCUT2D eigenvalue weighted by atomic mass is 16.3. The molecule has 1 unspecified atom stereocenters. The summed E-state index contributed by atoms with van der Waals surface area (Å²) in [6, 6.07) is 12.9. The van der Waals surface area contributed by atoms with Crippen molar-refractivity contribution in [2.45, 2.75) is 19.2 Å². The largest absolute Gasteiger partial charge is 0.399 e. The third-order valence-electron chi connectivity index (χ3n) is 3.27. The lowest BCUT2D eigenvalue weighted by Gasteiger charge is -2.14. The highest BCUT2D eigenvalue weighted by molar-refractivity contribution is 5.58. The fourth-order valence-electron chi connectivity index (χ4n) is 2.05. The molecule has 0 heterocycles. The van der Waals surface area contributed by atoms with Crippen molar-refractivity contribution in [1.82, 2.24) is 0 Å². The van der Waals surface area contributed by atoms with Crippen LogP contribution < -0.4 is 22.1 Å². The van der Waals surface area contributed by atoms with Gasteiger partial charge in [-0.2, -0.15) is 0 Å². The molecule has 0 aliphatic heterocycles. The second-order valence-corrected chi connectivity index (χ2v) is 5.06. The summed E-state index contributed by atoms with van der Waals surface area (Å²) in [6.07, 6.45) is -0.467. The number of benzene rings is 2. The molecule has 0 radical (unpaired) electrons. The van der Waals surface area contributed by atoms with Crippen LogP contribution in [0.5, 0.6) is 0 Å². The van der Waals surface area contributed by atoms with E-state index in [4.69, 9.17) is 16.6 Å². The topological polar surface area (TPSA) is 117 Å². The van der Waals surface area contributed by atoms with Gasteiger partial charge in [0.2, 0.25) is 0 Å². The Bertz CT molecular complexity index is 602. The zero-order valence-electron chi connectivity index (χ0n) is 12.3. The predicted octanol–water partition coefficient (Wildman–Crippen LogP) is 1.58. The van der Waals surface area contributed by atoms with Gasteiger partial charge in [0.15, 0.2) is 0 Å². The van der Waals surface area contributed by atoms with E-state index >= 15 is 0 Å². The average molecular weight is 302 g/mol. The average Bonchev–Trinajstić information content (AvgIpc) is 2.50. The molecule has 0 aliphatic carbocycles. The molecule has 0 saturated carbocycles. The van der Waals surface area contributed by atoms with Gasteiger partial charge in [-0.05, 0) is 48.0 Å². The van der Waals surface area contributed by atoms with E-state index < -0.39 is 6.23 Å². The van der Waals surface area contributed by atoms with Crippen molar-refractivity contribution in [2.24, 2.45) is 0 Å². The number of hydrogen-bond donors (Lipinski definition) is 6. The molecule has 118 valence electrons. The van der Waals surface area contributed by atoms with Crippen LogP contribution in [0.15, 0.2) is 42.5 Å². The van der Waals surface area contributed by atoms with Gasteiger partial charge in [-0.3, -0.25) is 0 Å². The monoisotopic (exact) mass is 302 g/mol. The van der Waals surface area contributed by atoms with Crippen molar-refractivity contribution < 1.29 is 10.2 Å². The highest BCUT2D eigenvalue weighted by Crippen LogP contribution is 2.19. The number of hydrogen-bond acceptors (Lipinski definition) is 6. The first-order valence-electron chi connectivity index (χ1n) is 7.12. The summed E-state index contributed by atoms with van der Waals surface area (Å²) in [7, 11) is 0. The Morgan fingerprint density at radius 1 is 1.00 bits per heavy atom. The summed E-state index contributed by atoms with van der Waals surface area (Å²) >= 11 is 0. The molecule has 0 spiro atoms. The van der Waals surface area contributed by atoms with Crippen LogP contribution in [0.3, 0.4) is 0 Å². The van der Waals surface area contributed by atoms with Crippen molar-refractivity contribution in [2.75, 3.05) is 28.7 Å². The number of nitrogens with one attached hydrogen (secondary N) is 2. The summed E-state index contributed by atoms with van der Waals surface area (Å²) < 4.78 is 0. The summed E-state index contributed by atoms with van der Waals surface area (Å²) in [5.74, 6) is 0. The van der Waals surface area contributed by atoms with Gasteiger partial charge in [-0.15, -0.1) is 0 Å². The van der Waals surface area contributed by atoms with Crippen LogP contribution in [0, 0.1) is 0 Å². The lowest BCUT2D eigenvalue weighted by atomic mass is 10.1. The van der Waals surface area contributed by atoms with Crippen LogP contribution in [0.1, 0.15) is 12.0 Å². The van der Waals surface area contributed by atoms with Gasteiger partial charge in [-0.1, -0.05) is 0 Å². The van der Waals surface area contributed by atoms with Crippen molar-refractivity contribution in [3.63, 3.8) is 0 Å². The quantitative estimate of drug-likeness (QED) is 0.341. The van der Waals surface area contributed by atoms with Crippen LogP contribution in [-0.2, 0) is 6.54 Å². The SMILES string of the molecule is Nc1ccc(N)c(CNc2ccc(NC(O)CCO)cc2)c1.